The number of nitrogens with one attached hydrogen (secondary N) is 2. The average molecular weight is 508 g/mol. The molecule has 0 bridgehead atoms. The van der Waals surface area contributed by atoms with Gasteiger partial charge in [-0.25, -0.2) is 0 Å². The SMILES string of the molecule is CCNC(=NCCCN1CCCC1C(=O)N(C)C)NCCN1CCCCC1.I. The Balaban J connectivity index is 0.00000392. The Labute approximate surface area is 188 Å². The third kappa shape index (κ3) is 8.82. The van der Waals surface area contributed by atoms with E-state index in [1.807, 2.05) is 14.1 Å². The third-order valence-corrected chi connectivity index (χ3v) is 5.48. The standard InChI is InChI=1S/C20H40N6O.HI/c1-4-21-20(23-12-17-25-13-6-5-7-14-25)22-11-9-16-26-15-8-10-18(26)19(27)24(2)3;/h18H,4-17H2,1-3H3,(H2,21,22,23);1H. The van der Waals surface area contributed by atoms with Crippen molar-refractivity contribution in [2.45, 2.75) is 51.5 Å². The number of carbonyl (C=O) groups excluding carboxylic acids is 1. The minimum atomic E-state index is 0. The maximum atomic E-state index is 12.3. The molecule has 2 aliphatic heterocycles. The fraction of sp³-hybridized carbons (Fsp3) is 0.900. The summed E-state index contributed by atoms with van der Waals surface area (Å²) in [6.45, 7) is 10.2. The van der Waals surface area contributed by atoms with E-state index in [9.17, 15) is 4.79 Å². The van der Waals surface area contributed by atoms with E-state index in [1.54, 1.807) is 4.90 Å². The quantitative estimate of drug-likeness (QED) is 0.215. The van der Waals surface area contributed by atoms with Crippen LogP contribution >= 0.6 is 24.0 Å². The first kappa shape index (κ1) is 25.4. The molecule has 28 heavy (non-hydrogen) atoms. The molecular weight excluding hydrogens is 467 g/mol. The molecule has 0 aromatic heterocycles. The highest BCUT2D eigenvalue weighted by Crippen LogP contribution is 2.18. The van der Waals surface area contributed by atoms with Crippen LogP contribution in [0.3, 0.4) is 0 Å². The topological polar surface area (TPSA) is 63.2 Å². The molecule has 2 heterocycles. The van der Waals surface area contributed by atoms with Crippen LogP contribution in [0.4, 0.5) is 0 Å². The second-order valence-electron chi connectivity index (χ2n) is 7.87. The van der Waals surface area contributed by atoms with E-state index in [4.69, 9.17) is 4.99 Å². The van der Waals surface area contributed by atoms with Crippen molar-refractivity contribution in [1.29, 1.82) is 0 Å². The number of hydrogen-bond acceptors (Lipinski definition) is 4. The molecule has 7 nitrogen and oxygen atoms in total. The second-order valence-corrected chi connectivity index (χ2v) is 7.87. The minimum absolute atomic E-state index is 0. The highest BCUT2D eigenvalue weighted by Gasteiger charge is 2.30. The van der Waals surface area contributed by atoms with Crippen molar-refractivity contribution in [3.8, 4) is 0 Å². The van der Waals surface area contributed by atoms with E-state index in [2.05, 4.69) is 27.4 Å². The van der Waals surface area contributed by atoms with Crippen LogP contribution in [-0.2, 0) is 4.79 Å². The van der Waals surface area contributed by atoms with Crippen molar-refractivity contribution in [3.05, 3.63) is 0 Å². The molecule has 0 spiro atoms. The summed E-state index contributed by atoms with van der Waals surface area (Å²) in [5, 5.41) is 6.80. The van der Waals surface area contributed by atoms with E-state index in [1.165, 1.54) is 32.4 Å². The van der Waals surface area contributed by atoms with E-state index in [0.717, 1.165) is 64.5 Å². The molecule has 0 radical (unpaired) electrons. The van der Waals surface area contributed by atoms with Gasteiger partial charge in [-0.3, -0.25) is 14.7 Å². The van der Waals surface area contributed by atoms with Gasteiger partial charge in [0.1, 0.15) is 0 Å². The Morgan fingerprint density at radius 2 is 1.82 bits per heavy atom. The van der Waals surface area contributed by atoms with Gasteiger partial charge in [-0.1, -0.05) is 6.42 Å². The van der Waals surface area contributed by atoms with Crippen LogP contribution < -0.4 is 10.6 Å². The molecule has 0 saturated carbocycles. The molecule has 2 fully saturated rings. The largest absolute Gasteiger partial charge is 0.357 e. The Morgan fingerprint density at radius 3 is 2.50 bits per heavy atom. The van der Waals surface area contributed by atoms with Crippen LogP contribution in [0, 0.1) is 0 Å². The fourth-order valence-corrected chi connectivity index (χ4v) is 3.99. The van der Waals surface area contributed by atoms with Gasteiger partial charge in [0.2, 0.25) is 5.91 Å². The molecule has 1 unspecified atom stereocenters. The lowest BCUT2D eigenvalue weighted by Crippen LogP contribution is -2.43. The van der Waals surface area contributed by atoms with E-state index >= 15 is 0 Å². The molecule has 2 rings (SSSR count). The van der Waals surface area contributed by atoms with Gasteiger partial charge in [-0.2, -0.15) is 0 Å². The number of hydrogen-bond donors (Lipinski definition) is 2. The normalized spacial score (nSPS) is 21.2. The number of amides is 1. The van der Waals surface area contributed by atoms with E-state index in [0.29, 0.717) is 0 Å². The molecular formula is C20H41IN6O. The number of carbonyl (C=O) groups is 1. The predicted molar refractivity (Wildman–Crippen MR) is 128 cm³/mol. The fourth-order valence-electron chi connectivity index (χ4n) is 3.99. The number of rotatable bonds is 9. The maximum absolute atomic E-state index is 12.3. The molecule has 0 aromatic rings. The summed E-state index contributed by atoms with van der Waals surface area (Å²) in [6, 6.07) is 0.0693. The Hall–Kier alpha value is -0.610. The minimum Gasteiger partial charge on any atom is -0.357 e. The Kier molecular flexibility index (Phi) is 13.1. The summed E-state index contributed by atoms with van der Waals surface area (Å²) in [6.07, 6.45) is 7.14. The summed E-state index contributed by atoms with van der Waals surface area (Å²) in [4.78, 5) is 23.6. The zero-order valence-electron chi connectivity index (χ0n) is 18.1. The zero-order chi connectivity index (χ0) is 19.5. The smallest absolute Gasteiger partial charge is 0.239 e. The monoisotopic (exact) mass is 508 g/mol. The van der Waals surface area contributed by atoms with Crippen LogP contribution in [-0.4, -0.2) is 99.1 Å². The lowest BCUT2D eigenvalue weighted by Gasteiger charge is -2.26. The van der Waals surface area contributed by atoms with E-state index in [-0.39, 0.29) is 35.9 Å². The molecule has 164 valence electrons. The molecule has 1 atom stereocenters. The number of halogens is 1. The van der Waals surface area contributed by atoms with Crippen LogP contribution in [0.15, 0.2) is 4.99 Å². The molecule has 0 aliphatic carbocycles. The second kappa shape index (κ2) is 14.4. The molecule has 8 heteroatoms. The lowest BCUT2D eigenvalue weighted by molar-refractivity contribution is -0.133. The van der Waals surface area contributed by atoms with Crippen molar-refractivity contribution in [1.82, 2.24) is 25.3 Å². The van der Waals surface area contributed by atoms with Crippen molar-refractivity contribution in [3.63, 3.8) is 0 Å². The zero-order valence-corrected chi connectivity index (χ0v) is 20.4. The highest BCUT2D eigenvalue weighted by molar-refractivity contribution is 14.0. The molecule has 0 aromatic carbocycles. The summed E-state index contributed by atoms with van der Waals surface area (Å²) in [5.41, 5.74) is 0. The molecule has 2 N–H and O–H groups in total. The Morgan fingerprint density at radius 1 is 1.07 bits per heavy atom. The predicted octanol–water partition coefficient (Wildman–Crippen LogP) is 1.59. The van der Waals surface area contributed by atoms with Crippen molar-refractivity contribution in [2.75, 3.05) is 66.5 Å². The first-order valence-corrected chi connectivity index (χ1v) is 10.8. The van der Waals surface area contributed by atoms with Crippen LogP contribution in [0.2, 0.25) is 0 Å². The van der Waals surface area contributed by atoms with Crippen LogP contribution in [0.25, 0.3) is 0 Å². The van der Waals surface area contributed by atoms with Crippen LogP contribution in [0.1, 0.15) is 45.4 Å². The van der Waals surface area contributed by atoms with Gasteiger partial charge in [0.05, 0.1) is 6.04 Å². The van der Waals surface area contributed by atoms with Gasteiger partial charge >= 0.3 is 0 Å². The maximum Gasteiger partial charge on any atom is 0.239 e. The van der Waals surface area contributed by atoms with Gasteiger partial charge in [-0.05, 0) is 58.7 Å². The number of piperidine rings is 1. The third-order valence-electron chi connectivity index (χ3n) is 5.48. The van der Waals surface area contributed by atoms with Crippen LogP contribution in [0.5, 0.6) is 0 Å². The summed E-state index contributed by atoms with van der Waals surface area (Å²) in [7, 11) is 3.70. The van der Waals surface area contributed by atoms with Gasteiger partial charge in [0.15, 0.2) is 5.96 Å². The molecule has 2 aliphatic rings. The first-order valence-electron chi connectivity index (χ1n) is 10.8. The lowest BCUT2D eigenvalue weighted by atomic mass is 10.1. The summed E-state index contributed by atoms with van der Waals surface area (Å²) in [5.74, 6) is 1.15. The molecule has 2 saturated heterocycles. The number of guanidine groups is 1. The first-order chi connectivity index (χ1) is 13.1. The van der Waals surface area contributed by atoms with E-state index < -0.39 is 0 Å². The number of likely N-dealkylation sites (N-methyl/N-ethyl adjacent to an activating group) is 1. The highest BCUT2D eigenvalue weighted by atomic mass is 127. The van der Waals surface area contributed by atoms with Crippen molar-refractivity contribution in [2.24, 2.45) is 4.99 Å². The number of aliphatic imine (C=N–C) groups is 1. The van der Waals surface area contributed by atoms with Crippen molar-refractivity contribution < 1.29 is 4.79 Å². The average Bonchev–Trinajstić information content (AvgIpc) is 3.13. The Bertz CT molecular complexity index is 468. The summed E-state index contributed by atoms with van der Waals surface area (Å²) >= 11 is 0. The van der Waals surface area contributed by atoms with Gasteiger partial charge in [-0.15, -0.1) is 24.0 Å². The van der Waals surface area contributed by atoms with Gasteiger partial charge in [0.25, 0.3) is 0 Å². The number of nitrogens with zero attached hydrogens (tertiary/aromatic N) is 4. The van der Waals surface area contributed by atoms with Crippen molar-refractivity contribution >= 4 is 35.8 Å². The number of likely N-dealkylation sites (tertiary alicyclic amines) is 2. The molecule has 1 amide bonds. The van der Waals surface area contributed by atoms with Gasteiger partial charge < -0.3 is 20.4 Å². The van der Waals surface area contributed by atoms with Gasteiger partial charge in [0, 0.05) is 46.8 Å². The summed E-state index contributed by atoms with van der Waals surface area (Å²) < 4.78 is 0.